The standard InChI is InChI=1S/C18H28N2O3.C17H26N2O3.C17H24N2O3.3C16H24N2O2/c1-16(2)13-7-6-12-14(19-20(4)15(12)21-5)17(13,3)8-9-18(16)22-10-11-23-18;1-15(2)12-6-5-11-13(18-19(4)14(11)20)16(12,3)7-8-17(15)21-9-10-22-17;1-16(2)12-7-6-11-13(18-19(4)15(11)22-5)17(12,3)8-10(9-20)14(16)21;2*1-14(2)10-6-8-16(4)12(17-18(5)13(16)20)15(10,3)9-7-11(14)19;1-15(2)11-7-6-10-13(17-18(4)14(10)20-5)16(11,3)9-8-12(15)19/h13H,6-11H2,1-5H3;12,18H,5-10H2,1-4H3;9,12,20H,6-8H2,1-5H3;2*10H,6-9H2,1-5H3;11H,6-9H2,1-5H3/b;;10-9-;;;/t13-,17-;12-,16-;12-,17-;2*10-,15-,16?;11-,16-/m000000/s1. The molecule has 4 aromatic rings. The normalized spacial score (nSPS) is 36.4. The summed E-state index contributed by atoms with van der Waals surface area (Å²) in [7, 11) is 16.2. The molecule has 8 heterocycles. The Balaban J connectivity index is 0.000000118. The number of carbonyl (C=O) groups is 6. The first-order valence-corrected chi connectivity index (χ1v) is 47.4. The first kappa shape index (κ1) is 94.0. The SMILES string of the molecule is CN1N=C2C(C)(CC[C@H]3C(C)(C)C(=O)CC[C@]23C)C1=O.CN1N=C2C(C)(CC[C@H]3C(C)(C)C(=O)CC[C@]23C)C1=O.COc1c2c(nn1C)[C@@]1(C)C/C(=C/O)C(=O)C(C)(C)[C@@H]1CC2.COc1c2c(nn1C)[C@@]1(C)CCC(=O)C(C)(C)[C@@H]1CC2.COc1c2c(nn1C)[C@@]1(C)CCC3(OCCO3)C(C)(C)[C@@H]1CC2.Cn1[nH]c2c(c1=O)CC[C@H]1C(C)(C)C3(CC[C@]21C)OCCO3. The van der Waals surface area contributed by atoms with Gasteiger partial charge in [0.2, 0.25) is 17.6 Å². The van der Waals surface area contributed by atoms with Crippen molar-refractivity contribution >= 4 is 46.4 Å². The number of nitrogens with one attached hydrogen (secondary N) is 1. The smallest absolute Gasteiger partial charge is 0.269 e. The third-order valence-corrected chi connectivity index (χ3v) is 37.6. The number of aliphatic hydroxyl groups is 1. The van der Waals surface area contributed by atoms with Crippen LogP contribution in [0.2, 0.25) is 0 Å². The van der Waals surface area contributed by atoms with Crippen molar-refractivity contribution in [1.82, 2.24) is 49.1 Å². The lowest BCUT2D eigenvalue weighted by Crippen LogP contribution is -2.61. The molecular weight excluding hydrogens is 1610 g/mol. The number of ether oxygens (including phenoxy) is 7. The van der Waals surface area contributed by atoms with Gasteiger partial charge in [-0.2, -0.15) is 25.5 Å². The molecule has 20 rings (SSSR count). The minimum Gasteiger partial charge on any atom is -0.515 e. The fourth-order valence-corrected chi connectivity index (χ4v) is 30.6. The number of hydrazone groups is 2. The summed E-state index contributed by atoms with van der Waals surface area (Å²) in [6.07, 6.45) is 21.2. The molecule has 4 aliphatic heterocycles. The molecule has 10 fully saturated rings. The van der Waals surface area contributed by atoms with Gasteiger partial charge in [0.1, 0.15) is 17.3 Å². The van der Waals surface area contributed by atoms with E-state index in [2.05, 4.69) is 126 Å². The van der Waals surface area contributed by atoms with Gasteiger partial charge in [0, 0.05) is 173 Å². The number of carbonyl (C=O) groups excluding carboxylic acids is 6. The number of amides is 2. The summed E-state index contributed by atoms with van der Waals surface area (Å²) < 4.78 is 48.3. The highest BCUT2D eigenvalue weighted by Crippen LogP contribution is 2.68. The molecule has 0 bridgehead atoms. The predicted molar refractivity (Wildman–Crippen MR) is 484 cm³/mol. The molecule has 16 aliphatic rings. The Kier molecular flexibility index (Phi) is 23.2. The van der Waals surface area contributed by atoms with E-state index in [0.29, 0.717) is 91.4 Å². The number of Topliss-reactive ketones (excluding diaryl/α,β-unsaturated/α-hetero) is 4. The largest absolute Gasteiger partial charge is 0.515 e. The molecule has 127 heavy (non-hydrogen) atoms. The molecule has 4 aromatic heterocycles. The Hall–Kier alpha value is -7.62. The highest BCUT2D eigenvalue weighted by atomic mass is 16.7. The topological polar surface area (TPSA) is 310 Å². The van der Waals surface area contributed by atoms with Gasteiger partial charge in [-0.1, -0.05) is 125 Å². The third-order valence-electron chi connectivity index (χ3n) is 37.6. The van der Waals surface area contributed by atoms with Crippen LogP contribution in [-0.2, 0) is 123 Å². The van der Waals surface area contributed by atoms with Crippen molar-refractivity contribution in [3.8, 4) is 17.6 Å². The van der Waals surface area contributed by atoms with Gasteiger partial charge in [0.25, 0.3) is 17.4 Å². The zero-order valence-corrected chi connectivity index (χ0v) is 82.2. The maximum atomic E-state index is 12.6. The van der Waals surface area contributed by atoms with E-state index in [0.717, 1.165) is 199 Å². The van der Waals surface area contributed by atoms with Gasteiger partial charge in [0.15, 0.2) is 17.4 Å². The average molecular weight is 1760 g/mol. The molecule has 27 nitrogen and oxygen atoms in total. The molecule has 14 atom stereocenters. The Bertz CT molecular complexity index is 5160. The molecule has 2 N–H and O–H groups in total. The van der Waals surface area contributed by atoms with Gasteiger partial charge in [-0.25, -0.2) is 24.1 Å². The molecule has 8 saturated carbocycles. The van der Waals surface area contributed by atoms with Crippen LogP contribution in [0.3, 0.4) is 0 Å². The Morgan fingerprint density at radius 3 is 1.08 bits per heavy atom. The third kappa shape index (κ3) is 13.4. The summed E-state index contributed by atoms with van der Waals surface area (Å²) in [5.74, 6) is 5.29. The number of nitrogens with zero attached hydrogens (tertiary/aromatic N) is 11. The van der Waals surface area contributed by atoms with Crippen LogP contribution >= 0.6 is 0 Å². The lowest BCUT2D eigenvalue weighted by molar-refractivity contribution is -0.276. The maximum absolute atomic E-state index is 12.6. The van der Waals surface area contributed by atoms with Gasteiger partial charge in [-0.3, -0.25) is 43.3 Å². The average Bonchev–Trinajstić information content (AvgIpc) is 1.66. The monoisotopic (exact) mass is 1760 g/mol. The van der Waals surface area contributed by atoms with Gasteiger partial charge >= 0.3 is 0 Å². The number of aromatic amines is 1. The minimum absolute atomic E-state index is 0.000463. The second kappa shape index (κ2) is 31.3. The van der Waals surface area contributed by atoms with Crippen LogP contribution in [0.4, 0.5) is 0 Å². The van der Waals surface area contributed by atoms with E-state index in [9.17, 15) is 38.7 Å². The van der Waals surface area contributed by atoms with Crippen LogP contribution in [0.5, 0.6) is 17.6 Å². The Morgan fingerprint density at radius 2 is 0.701 bits per heavy atom. The van der Waals surface area contributed by atoms with Crippen LogP contribution in [0.15, 0.2) is 26.8 Å². The number of rotatable bonds is 3. The number of methoxy groups -OCH3 is 3. The molecule has 2 saturated heterocycles. The second-order valence-corrected chi connectivity index (χ2v) is 46.1. The van der Waals surface area contributed by atoms with Gasteiger partial charge < -0.3 is 38.3 Å². The van der Waals surface area contributed by atoms with Crippen LogP contribution in [0.1, 0.15) is 305 Å². The highest BCUT2D eigenvalue weighted by molar-refractivity contribution is 6.16. The molecule has 2 unspecified atom stereocenters. The van der Waals surface area contributed by atoms with Crippen molar-refractivity contribution in [2.24, 2.45) is 128 Å². The number of aliphatic hydroxyl groups excluding tert-OH is 1. The zero-order valence-electron chi connectivity index (χ0n) is 82.2. The van der Waals surface area contributed by atoms with Crippen LogP contribution in [0, 0.1) is 89.7 Å². The Labute approximate surface area is 752 Å². The fourth-order valence-electron chi connectivity index (χ4n) is 30.6. The molecule has 0 radical (unpaired) electrons. The van der Waals surface area contributed by atoms with E-state index in [-0.39, 0.29) is 88.6 Å². The number of allylic oxidation sites excluding steroid dienone is 1. The van der Waals surface area contributed by atoms with Gasteiger partial charge in [-0.15, -0.1) is 0 Å². The van der Waals surface area contributed by atoms with Crippen LogP contribution in [0.25, 0.3) is 0 Å². The van der Waals surface area contributed by atoms with E-state index in [4.69, 9.17) is 48.5 Å². The van der Waals surface area contributed by atoms with Crippen molar-refractivity contribution < 1.29 is 67.0 Å². The van der Waals surface area contributed by atoms with E-state index < -0.39 is 27.8 Å². The maximum Gasteiger partial charge on any atom is 0.269 e. The lowest BCUT2D eigenvalue weighted by Gasteiger charge is -2.59. The highest BCUT2D eigenvalue weighted by Gasteiger charge is 2.70. The second-order valence-electron chi connectivity index (χ2n) is 46.1. The van der Waals surface area contributed by atoms with Crippen LogP contribution in [-0.4, -0.2) is 174 Å². The summed E-state index contributed by atoms with van der Waals surface area (Å²) in [5, 5.41) is 39.4. The van der Waals surface area contributed by atoms with E-state index >= 15 is 0 Å². The van der Waals surface area contributed by atoms with Crippen LogP contribution < -0.4 is 19.8 Å². The molecular formula is C100H150N12O15. The fraction of sp³-hybridized carbons (Fsp3) is 0.780. The molecule has 2 amide bonds. The summed E-state index contributed by atoms with van der Waals surface area (Å²) in [4.78, 5) is 86.8. The van der Waals surface area contributed by atoms with Gasteiger partial charge in [0.05, 0.1) is 93.4 Å². The number of aryl methyl sites for hydroxylation is 4. The molecule has 12 aliphatic carbocycles. The number of hydrogen-bond acceptors (Lipinski definition) is 20. The Morgan fingerprint density at radius 1 is 0.378 bits per heavy atom. The number of H-pyrrole nitrogens is 1. The van der Waals surface area contributed by atoms with Crippen molar-refractivity contribution in [1.29, 1.82) is 0 Å². The summed E-state index contributed by atoms with van der Waals surface area (Å²) in [6, 6.07) is 0. The summed E-state index contributed by atoms with van der Waals surface area (Å²) >= 11 is 0. The molecule has 2 spiro atoms. The summed E-state index contributed by atoms with van der Waals surface area (Å²) in [5.41, 5.74) is 9.15. The van der Waals surface area contributed by atoms with E-state index in [1.807, 2.05) is 65.2 Å². The van der Waals surface area contributed by atoms with E-state index in [1.165, 1.54) is 26.8 Å². The first-order valence-electron chi connectivity index (χ1n) is 47.4. The zero-order chi connectivity index (χ0) is 93.0. The van der Waals surface area contributed by atoms with E-state index in [1.54, 1.807) is 44.8 Å². The van der Waals surface area contributed by atoms with Crippen molar-refractivity contribution in [3.63, 3.8) is 0 Å². The molecule has 27 heteroatoms. The number of aromatic nitrogens is 8. The number of hydrogen-bond donors (Lipinski definition) is 2. The number of fused-ring (bicyclic) bond motifs is 18. The van der Waals surface area contributed by atoms with Crippen molar-refractivity contribution in [2.75, 3.05) is 61.9 Å². The predicted octanol–water partition coefficient (Wildman–Crippen LogP) is 15.5. The lowest BCUT2D eigenvalue weighted by atomic mass is 9.46. The molecule has 700 valence electrons. The summed E-state index contributed by atoms with van der Waals surface area (Å²) in [6.45, 7) is 46.2. The molecule has 0 aromatic carbocycles. The van der Waals surface area contributed by atoms with Crippen molar-refractivity contribution in [3.05, 3.63) is 67.2 Å². The minimum atomic E-state index is -0.496. The van der Waals surface area contributed by atoms with Crippen molar-refractivity contribution in [2.45, 2.75) is 319 Å². The first-order chi connectivity index (χ1) is 59.0. The van der Waals surface area contributed by atoms with Gasteiger partial charge in [-0.05, 0) is 165 Å². The quantitative estimate of drug-likeness (QED) is 0.142. The number of ketones is 4.